The van der Waals surface area contributed by atoms with E-state index in [9.17, 15) is 13.2 Å². The summed E-state index contributed by atoms with van der Waals surface area (Å²) in [5.74, 6) is 0.319. The summed E-state index contributed by atoms with van der Waals surface area (Å²) in [5.41, 5.74) is 3.07. The van der Waals surface area contributed by atoms with Gasteiger partial charge in [-0.1, -0.05) is 29.3 Å². The van der Waals surface area contributed by atoms with E-state index in [1.54, 1.807) is 18.2 Å². The fourth-order valence-electron chi connectivity index (χ4n) is 4.00. The molecule has 7 nitrogen and oxygen atoms in total. The van der Waals surface area contributed by atoms with Crippen molar-refractivity contribution in [1.29, 1.82) is 0 Å². The molecule has 1 fully saturated rings. The molecule has 9 heteroatoms. The molecule has 1 N–H and O–H groups in total. The number of hydrogen-bond acceptors (Lipinski definition) is 5. The van der Waals surface area contributed by atoms with Crippen LogP contribution in [0.3, 0.4) is 0 Å². The number of carbonyl (C=O) groups excluding carboxylic acids is 1. The third-order valence-corrected chi connectivity index (χ3v) is 7.78. The Bertz CT molecular complexity index is 1060. The summed E-state index contributed by atoms with van der Waals surface area (Å²) < 4.78 is 33.2. The molecule has 1 amide bonds. The first-order chi connectivity index (χ1) is 14.6. The van der Waals surface area contributed by atoms with Gasteiger partial charge in [-0.05, 0) is 50.1 Å². The molecule has 3 rings (SSSR count). The number of nitrogens with zero attached hydrogens (tertiary/aromatic N) is 2. The molecule has 0 bridgehead atoms. The maximum atomic E-state index is 13.2. The van der Waals surface area contributed by atoms with E-state index in [1.807, 2.05) is 37.8 Å². The fourth-order valence-corrected chi connectivity index (χ4v) is 6.01. The third kappa shape index (κ3) is 5.38. The number of rotatable bonds is 6. The molecule has 1 saturated heterocycles. The number of sulfonamides is 1. The maximum absolute atomic E-state index is 13.2. The molecule has 0 spiro atoms. The molecule has 2 aromatic rings. The molecule has 31 heavy (non-hydrogen) atoms. The zero-order valence-corrected chi connectivity index (χ0v) is 19.8. The minimum Gasteiger partial charge on any atom is -0.495 e. The zero-order chi connectivity index (χ0) is 22.8. The lowest BCUT2D eigenvalue weighted by Crippen LogP contribution is -2.50. The van der Waals surface area contributed by atoms with Crippen LogP contribution in [-0.4, -0.2) is 63.4 Å². The van der Waals surface area contributed by atoms with Crippen molar-refractivity contribution in [3.8, 4) is 5.75 Å². The van der Waals surface area contributed by atoms with Gasteiger partial charge in [0.2, 0.25) is 15.9 Å². The van der Waals surface area contributed by atoms with E-state index in [1.165, 1.54) is 11.4 Å². The first-order valence-corrected chi connectivity index (χ1v) is 11.9. The number of halogens is 1. The molecule has 0 unspecified atom stereocenters. The van der Waals surface area contributed by atoms with E-state index in [0.29, 0.717) is 47.5 Å². The molecular formula is C22H28ClN3O4S. The second-order valence-corrected chi connectivity index (χ2v) is 10.1. The summed E-state index contributed by atoms with van der Waals surface area (Å²) in [6.07, 6.45) is 0. The fraction of sp³-hybridized carbons (Fsp3) is 0.409. The number of ether oxygens (including phenoxy) is 1. The molecule has 1 aliphatic rings. The van der Waals surface area contributed by atoms with Crippen LogP contribution < -0.4 is 10.1 Å². The Kier molecular flexibility index (Phi) is 7.26. The number of anilines is 1. The van der Waals surface area contributed by atoms with Crippen molar-refractivity contribution in [1.82, 2.24) is 9.21 Å². The zero-order valence-electron chi connectivity index (χ0n) is 18.2. The minimum absolute atomic E-state index is 0.159. The second kappa shape index (κ2) is 9.56. The summed E-state index contributed by atoms with van der Waals surface area (Å²) in [4.78, 5) is 14.8. The molecule has 0 aliphatic carbocycles. The highest BCUT2D eigenvalue weighted by atomic mass is 35.5. The van der Waals surface area contributed by atoms with Crippen LogP contribution >= 0.6 is 11.6 Å². The minimum atomic E-state index is -3.58. The summed E-state index contributed by atoms with van der Waals surface area (Å²) in [6, 6.07) is 8.80. The van der Waals surface area contributed by atoms with Gasteiger partial charge in [-0.2, -0.15) is 4.31 Å². The van der Waals surface area contributed by atoms with Crippen LogP contribution in [0.25, 0.3) is 0 Å². The van der Waals surface area contributed by atoms with Crippen molar-refractivity contribution in [2.75, 3.05) is 45.2 Å². The van der Waals surface area contributed by atoms with E-state index < -0.39 is 10.0 Å². The van der Waals surface area contributed by atoms with E-state index in [-0.39, 0.29) is 12.5 Å². The number of nitrogens with one attached hydrogen (secondary N) is 1. The molecule has 1 heterocycles. The summed E-state index contributed by atoms with van der Waals surface area (Å²) in [5, 5.41) is 3.31. The smallest absolute Gasteiger partial charge is 0.243 e. The average molecular weight is 466 g/mol. The van der Waals surface area contributed by atoms with Crippen LogP contribution in [0.5, 0.6) is 5.75 Å². The Hall–Kier alpha value is -2.13. The standard InChI is InChI=1S/C22H28ClN3O4S/c1-15-11-16(2)22(17(3)12-15)31(28,29)26-9-7-25(8-10-26)14-21(27)24-19-13-18(23)5-6-20(19)30-4/h5-6,11-13H,7-10,14H2,1-4H3,(H,24,27). The Morgan fingerprint density at radius 1 is 1.06 bits per heavy atom. The van der Waals surface area contributed by atoms with Gasteiger partial charge in [-0.3, -0.25) is 9.69 Å². The quantitative estimate of drug-likeness (QED) is 0.708. The topological polar surface area (TPSA) is 79.0 Å². The van der Waals surface area contributed by atoms with Crippen LogP contribution in [0.4, 0.5) is 5.69 Å². The van der Waals surface area contributed by atoms with Crippen molar-refractivity contribution in [2.24, 2.45) is 0 Å². The van der Waals surface area contributed by atoms with E-state index in [4.69, 9.17) is 16.3 Å². The SMILES string of the molecule is COc1ccc(Cl)cc1NC(=O)CN1CCN(S(=O)(=O)c2c(C)cc(C)cc2C)CC1. The second-order valence-electron chi connectivity index (χ2n) is 7.80. The Labute approximate surface area is 189 Å². The Morgan fingerprint density at radius 2 is 1.68 bits per heavy atom. The number of hydrogen-bond donors (Lipinski definition) is 1. The summed E-state index contributed by atoms with van der Waals surface area (Å²) >= 11 is 6.01. The lowest BCUT2D eigenvalue weighted by molar-refractivity contribution is -0.117. The number of piperazine rings is 1. The van der Waals surface area contributed by atoms with Crippen LogP contribution in [0.15, 0.2) is 35.2 Å². The van der Waals surface area contributed by atoms with Gasteiger partial charge in [0.25, 0.3) is 0 Å². The van der Waals surface area contributed by atoms with Crippen LogP contribution in [0.2, 0.25) is 5.02 Å². The normalized spacial score (nSPS) is 15.6. The number of carbonyl (C=O) groups is 1. The number of amides is 1. The highest BCUT2D eigenvalue weighted by Gasteiger charge is 2.31. The number of methoxy groups -OCH3 is 1. The van der Waals surface area contributed by atoms with Crippen molar-refractivity contribution >= 4 is 33.2 Å². The van der Waals surface area contributed by atoms with Gasteiger partial charge in [-0.25, -0.2) is 8.42 Å². The van der Waals surface area contributed by atoms with Gasteiger partial charge >= 0.3 is 0 Å². The van der Waals surface area contributed by atoms with E-state index in [2.05, 4.69) is 5.32 Å². The predicted molar refractivity (Wildman–Crippen MR) is 122 cm³/mol. The van der Waals surface area contributed by atoms with Crippen molar-refractivity contribution in [2.45, 2.75) is 25.7 Å². The highest BCUT2D eigenvalue weighted by molar-refractivity contribution is 7.89. The van der Waals surface area contributed by atoms with Gasteiger partial charge in [-0.15, -0.1) is 0 Å². The largest absolute Gasteiger partial charge is 0.495 e. The maximum Gasteiger partial charge on any atom is 0.243 e. The van der Waals surface area contributed by atoms with Gasteiger partial charge in [0, 0.05) is 31.2 Å². The lowest BCUT2D eigenvalue weighted by atomic mass is 10.1. The van der Waals surface area contributed by atoms with Gasteiger partial charge < -0.3 is 10.1 Å². The van der Waals surface area contributed by atoms with Crippen LogP contribution in [0, 0.1) is 20.8 Å². The monoisotopic (exact) mass is 465 g/mol. The number of aryl methyl sites for hydroxylation is 3. The third-order valence-electron chi connectivity index (χ3n) is 5.34. The molecule has 1 aliphatic heterocycles. The van der Waals surface area contributed by atoms with Gasteiger partial charge in [0.15, 0.2) is 0 Å². The molecule has 0 radical (unpaired) electrons. The molecule has 0 atom stereocenters. The van der Waals surface area contributed by atoms with E-state index >= 15 is 0 Å². The van der Waals surface area contributed by atoms with Crippen molar-refractivity contribution in [3.05, 3.63) is 52.0 Å². The van der Waals surface area contributed by atoms with Crippen molar-refractivity contribution in [3.63, 3.8) is 0 Å². The van der Waals surface area contributed by atoms with Crippen molar-refractivity contribution < 1.29 is 17.9 Å². The van der Waals surface area contributed by atoms with Gasteiger partial charge in [0.05, 0.1) is 24.2 Å². The molecule has 0 aromatic heterocycles. The lowest BCUT2D eigenvalue weighted by Gasteiger charge is -2.34. The first-order valence-electron chi connectivity index (χ1n) is 10.1. The molecular weight excluding hydrogens is 438 g/mol. The first kappa shape index (κ1) is 23.5. The summed E-state index contributed by atoms with van der Waals surface area (Å²) in [6.45, 7) is 7.40. The van der Waals surface area contributed by atoms with Gasteiger partial charge in [0.1, 0.15) is 5.75 Å². The Balaban J connectivity index is 1.62. The number of benzene rings is 2. The van der Waals surface area contributed by atoms with Crippen LogP contribution in [-0.2, 0) is 14.8 Å². The highest BCUT2D eigenvalue weighted by Crippen LogP contribution is 2.28. The predicted octanol–water partition coefficient (Wildman–Crippen LogP) is 3.22. The molecule has 168 valence electrons. The molecule has 2 aromatic carbocycles. The average Bonchev–Trinajstić information content (AvgIpc) is 2.67. The van der Waals surface area contributed by atoms with E-state index in [0.717, 1.165) is 16.7 Å². The summed E-state index contributed by atoms with van der Waals surface area (Å²) in [7, 11) is -2.06. The van der Waals surface area contributed by atoms with Crippen LogP contribution in [0.1, 0.15) is 16.7 Å². The molecule has 0 saturated carbocycles. The Morgan fingerprint density at radius 3 is 2.26 bits per heavy atom.